The van der Waals surface area contributed by atoms with Gasteiger partial charge in [0.1, 0.15) is 17.2 Å². The van der Waals surface area contributed by atoms with Crippen LogP contribution < -0.4 is 15.2 Å². The van der Waals surface area contributed by atoms with Crippen LogP contribution in [0.1, 0.15) is 0 Å². The normalized spacial score (nSPS) is 10.4. The van der Waals surface area contributed by atoms with Gasteiger partial charge in [-0.2, -0.15) is 0 Å². The van der Waals surface area contributed by atoms with Crippen molar-refractivity contribution in [2.24, 2.45) is 5.73 Å². The molecule has 0 fully saturated rings. The van der Waals surface area contributed by atoms with Gasteiger partial charge >= 0.3 is 0 Å². The molecule has 0 aliphatic heterocycles. The van der Waals surface area contributed by atoms with E-state index in [1.54, 1.807) is 18.9 Å². The molecule has 2 aromatic rings. The molecular formula is C12H16N4O2. The monoisotopic (exact) mass is 248 g/mol. The Bertz CT molecular complexity index is 525. The molecule has 0 amide bonds. The Kier molecular flexibility index (Phi) is 3.78. The van der Waals surface area contributed by atoms with Crippen LogP contribution in [0.2, 0.25) is 0 Å². The van der Waals surface area contributed by atoms with Crippen LogP contribution in [0, 0.1) is 0 Å². The third-order valence-electron chi connectivity index (χ3n) is 2.58. The fraction of sp³-hybridized carbons (Fsp3) is 0.333. The number of nitrogens with zero attached hydrogens (tertiary/aromatic N) is 3. The van der Waals surface area contributed by atoms with Crippen LogP contribution >= 0.6 is 0 Å². The van der Waals surface area contributed by atoms with Gasteiger partial charge in [0.05, 0.1) is 27.0 Å². The summed E-state index contributed by atoms with van der Waals surface area (Å²) in [7, 11) is 3.23. The molecule has 1 aromatic carbocycles. The number of benzene rings is 1. The number of nitrogens with two attached hydrogens (primary N) is 1. The molecule has 0 unspecified atom stereocenters. The summed E-state index contributed by atoms with van der Waals surface area (Å²) in [6.45, 7) is 1.17. The van der Waals surface area contributed by atoms with Crippen molar-refractivity contribution < 1.29 is 9.47 Å². The Morgan fingerprint density at radius 3 is 2.78 bits per heavy atom. The van der Waals surface area contributed by atoms with E-state index in [1.165, 1.54) is 0 Å². The molecule has 2 rings (SSSR count). The van der Waals surface area contributed by atoms with Gasteiger partial charge in [-0.05, 0) is 12.1 Å². The molecule has 18 heavy (non-hydrogen) atoms. The summed E-state index contributed by atoms with van der Waals surface area (Å²) in [6, 6.07) is 5.57. The molecule has 6 nitrogen and oxygen atoms in total. The zero-order chi connectivity index (χ0) is 13.0. The van der Waals surface area contributed by atoms with Crippen LogP contribution in [0.5, 0.6) is 11.5 Å². The molecule has 2 N–H and O–H groups in total. The van der Waals surface area contributed by atoms with Gasteiger partial charge < -0.3 is 15.2 Å². The van der Waals surface area contributed by atoms with Gasteiger partial charge in [0.15, 0.2) is 0 Å². The quantitative estimate of drug-likeness (QED) is 0.851. The SMILES string of the molecule is COc1ccc(-c2cn(CCN)nn2)c(OC)c1. The molecule has 1 aromatic heterocycles. The molecule has 0 radical (unpaired) electrons. The number of hydrogen-bond donors (Lipinski definition) is 1. The van der Waals surface area contributed by atoms with Crippen molar-refractivity contribution in [3.63, 3.8) is 0 Å². The van der Waals surface area contributed by atoms with Gasteiger partial charge in [-0.15, -0.1) is 5.10 Å². The van der Waals surface area contributed by atoms with E-state index in [9.17, 15) is 0 Å². The molecule has 1 heterocycles. The predicted octanol–water partition coefficient (Wildman–Crippen LogP) is 0.921. The lowest BCUT2D eigenvalue weighted by Crippen LogP contribution is -2.10. The second-order valence-corrected chi connectivity index (χ2v) is 3.72. The third-order valence-corrected chi connectivity index (χ3v) is 2.58. The maximum absolute atomic E-state index is 5.47. The summed E-state index contributed by atoms with van der Waals surface area (Å²) in [5.41, 5.74) is 7.10. The Morgan fingerprint density at radius 1 is 1.28 bits per heavy atom. The lowest BCUT2D eigenvalue weighted by molar-refractivity contribution is 0.395. The standard InChI is InChI=1S/C12H16N4O2/c1-17-9-3-4-10(12(7-9)18-2)11-8-16(6-5-13)15-14-11/h3-4,7-8H,5-6,13H2,1-2H3. The highest BCUT2D eigenvalue weighted by Crippen LogP contribution is 2.31. The van der Waals surface area contributed by atoms with Crippen LogP contribution in [-0.2, 0) is 6.54 Å². The summed E-state index contributed by atoms with van der Waals surface area (Å²) in [5.74, 6) is 1.44. The highest BCUT2D eigenvalue weighted by atomic mass is 16.5. The van der Waals surface area contributed by atoms with Crippen molar-refractivity contribution >= 4 is 0 Å². The fourth-order valence-corrected chi connectivity index (χ4v) is 1.67. The van der Waals surface area contributed by atoms with E-state index in [0.717, 1.165) is 17.0 Å². The van der Waals surface area contributed by atoms with Crippen LogP contribution in [0.3, 0.4) is 0 Å². The highest BCUT2D eigenvalue weighted by molar-refractivity contribution is 5.67. The van der Waals surface area contributed by atoms with E-state index in [4.69, 9.17) is 15.2 Å². The van der Waals surface area contributed by atoms with Crippen molar-refractivity contribution in [2.75, 3.05) is 20.8 Å². The molecule has 0 spiro atoms. The zero-order valence-electron chi connectivity index (χ0n) is 10.5. The second-order valence-electron chi connectivity index (χ2n) is 3.72. The fourth-order valence-electron chi connectivity index (χ4n) is 1.67. The first-order valence-electron chi connectivity index (χ1n) is 5.61. The minimum atomic E-state index is 0.530. The minimum Gasteiger partial charge on any atom is -0.497 e. The molecule has 0 aliphatic rings. The Hall–Kier alpha value is -2.08. The smallest absolute Gasteiger partial charge is 0.132 e. The Labute approximate surface area is 105 Å². The van der Waals surface area contributed by atoms with Gasteiger partial charge in [0, 0.05) is 18.2 Å². The molecule has 0 saturated carbocycles. The Morgan fingerprint density at radius 2 is 2.11 bits per heavy atom. The van der Waals surface area contributed by atoms with E-state index >= 15 is 0 Å². The average molecular weight is 248 g/mol. The van der Waals surface area contributed by atoms with Crippen molar-refractivity contribution in [2.45, 2.75) is 6.54 Å². The topological polar surface area (TPSA) is 75.2 Å². The third kappa shape index (κ3) is 2.43. The predicted molar refractivity (Wildman–Crippen MR) is 67.6 cm³/mol. The van der Waals surface area contributed by atoms with Crippen molar-refractivity contribution in [3.05, 3.63) is 24.4 Å². The van der Waals surface area contributed by atoms with E-state index in [1.807, 2.05) is 24.4 Å². The maximum Gasteiger partial charge on any atom is 0.132 e. The van der Waals surface area contributed by atoms with Crippen molar-refractivity contribution in [1.29, 1.82) is 0 Å². The number of methoxy groups -OCH3 is 2. The van der Waals surface area contributed by atoms with Gasteiger partial charge in [0.25, 0.3) is 0 Å². The lowest BCUT2D eigenvalue weighted by atomic mass is 10.1. The molecule has 0 bridgehead atoms. The number of ether oxygens (including phenoxy) is 2. The average Bonchev–Trinajstić information content (AvgIpc) is 2.87. The van der Waals surface area contributed by atoms with Gasteiger partial charge in [0.2, 0.25) is 0 Å². The second kappa shape index (κ2) is 5.50. The molecule has 0 atom stereocenters. The minimum absolute atomic E-state index is 0.530. The van der Waals surface area contributed by atoms with Crippen molar-refractivity contribution in [1.82, 2.24) is 15.0 Å². The molecule has 6 heteroatoms. The van der Waals surface area contributed by atoms with Gasteiger partial charge in [-0.3, -0.25) is 4.68 Å². The number of hydrogen-bond acceptors (Lipinski definition) is 5. The van der Waals surface area contributed by atoms with Crippen LogP contribution in [-0.4, -0.2) is 35.8 Å². The highest BCUT2D eigenvalue weighted by Gasteiger charge is 2.10. The van der Waals surface area contributed by atoms with Crippen LogP contribution in [0.15, 0.2) is 24.4 Å². The molecule has 0 saturated heterocycles. The summed E-state index contributed by atoms with van der Waals surface area (Å²) >= 11 is 0. The maximum atomic E-state index is 5.47. The van der Waals surface area contributed by atoms with Crippen LogP contribution in [0.4, 0.5) is 0 Å². The molecule has 96 valence electrons. The van der Waals surface area contributed by atoms with Gasteiger partial charge in [-0.25, -0.2) is 0 Å². The first-order chi connectivity index (χ1) is 8.78. The summed E-state index contributed by atoms with van der Waals surface area (Å²) in [5, 5.41) is 8.11. The van der Waals surface area contributed by atoms with E-state index in [2.05, 4.69) is 10.3 Å². The largest absolute Gasteiger partial charge is 0.497 e. The zero-order valence-corrected chi connectivity index (χ0v) is 10.5. The van der Waals surface area contributed by atoms with E-state index in [-0.39, 0.29) is 0 Å². The van der Waals surface area contributed by atoms with Crippen molar-refractivity contribution in [3.8, 4) is 22.8 Å². The first kappa shape index (κ1) is 12.4. The molecular weight excluding hydrogens is 232 g/mol. The van der Waals surface area contributed by atoms with E-state index in [0.29, 0.717) is 18.8 Å². The Balaban J connectivity index is 2.36. The number of aromatic nitrogens is 3. The first-order valence-corrected chi connectivity index (χ1v) is 5.61. The summed E-state index contributed by atoms with van der Waals surface area (Å²) in [4.78, 5) is 0. The van der Waals surface area contributed by atoms with Gasteiger partial charge in [-0.1, -0.05) is 5.21 Å². The summed E-state index contributed by atoms with van der Waals surface area (Å²) in [6.07, 6.45) is 1.84. The lowest BCUT2D eigenvalue weighted by Gasteiger charge is -2.07. The van der Waals surface area contributed by atoms with E-state index < -0.39 is 0 Å². The summed E-state index contributed by atoms with van der Waals surface area (Å²) < 4.78 is 12.2. The molecule has 0 aliphatic carbocycles. The van der Waals surface area contributed by atoms with Crippen LogP contribution in [0.25, 0.3) is 11.3 Å². The number of rotatable bonds is 5.